The highest BCUT2D eigenvalue weighted by atomic mass is 35.5. The minimum Gasteiger partial charge on any atom is -0.481 e. The maximum Gasteiger partial charge on any atom is 0.269 e. The Morgan fingerprint density at radius 3 is 2.75 bits per heavy atom. The summed E-state index contributed by atoms with van der Waals surface area (Å²) in [4.78, 5) is 3.74. The van der Waals surface area contributed by atoms with Crippen LogP contribution in [0.15, 0.2) is 6.20 Å². The number of nitriles is 1. The molecule has 0 N–H and O–H groups in total. The van der Waals surface area contributed by atoms with Crippen LogP contribution in [0.1, 0.15) is 23.1 Å². The summed E-state index contributed by atoms with van der Waals surface area (Å²) in [6.07, 6.45) is -1.53. The fourth-order valence-electron chi connectivity index (χ4n) is 1.38. The highest BCUT2D eigenvalue weighted by Gasteiger charge is 2.22. The minimum atomic E-state index is -2.74. The Balaban J connectivity index is 3.41. The topological polar surface area (TPSA) is 45.9 Å². The van der Waals surface area contributed by atoms with E-state index in [9.17, 15) is 8.78 Å². The summed E-state index contributed by atoms with van der Waals surface area (Å²) in [5.74, 6) is -0.123. The van der Waals surface area contributed by atoms with Gasteiger partial charge in [0.1, 0.15) is 0 Å². The van der Waals surface area contributed by atoms with Gasteiger partial charge in [0.05, 0.1) is 25.2 Å². The molecule has 0 aliphatic rings. The number of hydrogen-bond acceptors (Lipinski definition) is 3. The molecule has 16 heavy (non-hydrogen) atoms. The van der Waals surface area contributed by atoms with E-state index in [0.717, 1.165) is 0 Å². The number of methoxy groups -OCH3 is 1. The van der Waals surface area contributed by atoms with Gasteiger partial charge in [0.2, 0.25) is 5.88 Å². The lowest BCUT2D eigenvalue weighted by atomic mass is 10.0. The monoisotopic (exact) mass is 246 g/mol. The first-order valence-electron chi connectivity index (χ1n) is 4.41. The Morgan fingerprint density at radius 2 is 2.31 bits per heavy atom. The zero-order chi connectivity index (χ0) is 12.1. The lowest BCUT2D eigenvalue weighted by Crippen LogP contribution is -2.04. The number of aromatic nitrogens is 1. The van der Waals surface area contributed by atoms with Crippen molar-refractivity contribution in [1.29, 1.82) is 5.26 Å². The molecular formula is C10H9ClF2N2O. The van der Waals surface area contributed by atoms with Gasteiger partial charge in [0.15, 0.2) is 0 Å². The maximum atomic E-state index is 12.8. The molecule has 0 unspecified atom stereocenters. The molecule has 0 bridgehead atoms. The average molecular weight is 247 g/mol. The molecule has 3 nitrogen and oxygen atoms in total. The molecule has 0 spiro atoms. The maximum absolute atomic E-state index is 12.8. The second-order valence-corrected chi connectivity index (χ2v) is 3.22. The first-order chi connectivity index (χ1) is 7.65. The molecule has 0 aromatic carbocycles. The van der Waals surface area contributed by atoms with Gasteiger partial charge in [0, 0.05) is 12.1 Å². The molecule has 0 amide bonds. The first-order valence-corrected chi connectivity index (χ1v) is 4.94. The predicted octanol–water partition coefficient (Wildman–Crippen LogP) is 2.83. The third kappa shape index (κ3) is 2.39. The summed E-state index contributed by atoms with van der Waals surface area (Å²) in [5.41, 5.74) is 0.292. The van der Waals surface area contributed by atoms with Crippen LogP contribution in [0, 0.1) is 11.3 Å². The molecule has 86 valence electrons. The van der Waals surface area contributed by atoms with Crippen LogP contribution >= 0.6 is 11.6 Å². The molecule has 0 fully saturated rings. The van der Waals surface area contributed by atoms with Gasteiger partial charge in [-0.25, -0.2) is 13.8 Å². The number of ether oxygens (including phenoxy) is 1. The SMILES string of the molecule is COc1ncc(CCl)c(CC#N)c1C(F)F. The molecule has 0 radical (unpaired) electrons. The van der Waals surface area contributed by atoms with Gasteiger partial charge in [-0.2, -0.15) is 5.26 Å². The minimum absolute atomic E-state index is 0.0354. The molecule has 0 atom stereocenters. The smallest absolute Gasteiger partial charge is 0.269 e. The fraction of sp³-hybridized carbons (Fsp3) is 0.400. The molecule has 1 aromatic heterocycles. The zero-order valence-electron chi connectivity index (χ0n) is 8.51. The van der Waals surface area contributed by atoms with Gasteiger partial charge < -0.3 is 4.74 Å². The van der Waals surface area contributed by atoms with E-state index in [1.165, 1.54) is 13.3 Å². The number of alkyl halides is 3. The van der Waals surface area contributed by atoms with Crippen molar-refractivity contribution in [3.8, 4) is 11.9 Å². The molecular weight excluding hydrogens is 238 g/mol. The summed E-state index contributed by atoms with van der Waals surface area (Å²) in [5, 5.41) is 8.61. The van der Waals surface area contributed by atoms with Crippen LogP contribution in [0.5, 0.6) is 5.88 Å². The molecule has 1 heterocycles. The van der Waals surface area contributed by atoms with Gasteiger partial charge in [-0.3, -0.25) is 0 Å². The Hall–Kier alpha value is -1.41. The van der Waals surface area contributed by atoms with Crippen molar-refractivity contribution in [2.24, 2.45) is 0 Å². The molecule has 0 aliphatic carbocycles. The van der Waals surface area contributed by atoms with Crippen LogP contribution in [0.3, 0.4) is 0 Å². The molecule has 1 aromatic rings. The number of rotatable bonds is 4. The number of hydrogen-bond donors (Lipinski definition) is 0. The highest BCUT2D eigenvalue weighted by Crippen LogP contribution is 2.33. The zero-order valence-corrected chi connectivity index (χ0v) is 9.26. The summed E-state index contributed by atoms with van der Waals surface area (Å²) in [6, 6.07) is 1.83. The summed E-state index contributed by atoms with van der Waals surface area (Å²) < 4.78 is 30.4. The van der Waals surface area contributed by atoms with E-state index in [4.69, 9.17) is 21.6 Å². The summed E-state index contributed by atoms with van der Waals surface area (Å²) in [6.45, 7) is 0. The van der Waals surface area contributed by atoms with Gasteiger partial charge in [-0.1, -0.05) is 0 Å². The number of pyridine rings is 1. The molecule has 1 rings (SSSR count). The van der Waals surface area contributed by atoms with E-state index < -0.39 is 6.43 Å². The van der Waals surface area contributed by atoms with Crippen molar-refractivity contribution in [2.45, 2.75) is 18.7 Å². The third-order valence-corrected chi connectivity index (χ3v) is 2.38. The average Bonchev–Trinajstić information content (AvgIpc) is 2.28. The van der Waals surface area contributed by atoms with Crippen molar-refractivity contribution in [1.82, 2.24) is 4.98 Å². The van der Waals surface area contributed by atoms with Gasteiger partial charge in [0.25, 0.3) is 6.43 Å². The second kappa shape index (κ2) is 5.61. The lowest BCUT2D eigenvalue weighted by molar-refractivity contribution is 0.145. The van der Waals surface area contributed by atoms with Crippen LogP contribution in [-0.4, -0.2) is 12.1 Å². The largest absolute Gasteiger partial charge is 0.481 e. The van der Waals surface area contributed by atoms with E-state index in [-0.39, 0.29) is 29.3 Å². The van der Waals surface area contributed by atoms with E-state index in [0.29, 0.717) is 5.56 Å². The van der Waals surface area contributed by atoms with Crippen LogP contribution in [-0.2, 0) is 12.3 Å². The van der Waals surface area contributed by atoms with E-state index in [1.54, 1.807) is 0 Å². The highest BCUT2D eigenvalue weighted by molar-refractivity contribution is 6.17. The van der Waals surface area contributed by atoms with Crippen LogP contribution in [0.2, 0.25) is 0 Å². The molecule has 6 heteroatoms. The van der Waals surface area contributed by atoms with Crippen molar-refractivity contribution in [3.63, 3.8) is 0 Å². The number of halogens is 3. The van der Waals surface area contributed by atoms with Gasteiger partial charge >= 0.3 is 0 Å². The Bertz CT molecular complexity index is 418. The molecule has 0 saturated carbocycles. The van der Waals surface area contributed by atoms with Crippen molar-refractivity contribution in [3.05, 3.63) is 22.9 Å². The number of nitrogens with zero attached hydrogens (tertiary/aromatic N) is 2. The molecule has 0 aliphatic heterocycles. The van der Waals surface area contributed by atoms with Crippen LogP contribution in [0.4, 0.5) is 8.78 Å². The molecule has 0 saturated heterocycles. The standard InChI is InChI=1S/C10H9ClF2N2O/c1-16-10-8(9(12)13)7(2-3-14)6(4-11)5-15-10/h5,9H,2,4H2,1H3. The Kier molecular flexibility index (Phi) is 4.44. The van der Waals surface area contributed by atoms with Gasteiger partial charge in [-0.15, -0.1) is 11.6 Å². The second-order valence-electron chi connectivity index (χ2n) is 2.95. The Morgan fingerprint density at radius 1 is 1.62 bits per heavy atom. The third-order valence-electron chi connectivity index (χ3n) is 2.09. The van der Waals surface area contributed by atoms with Crippen LogP contribution in [0.25, 0.3) is 0 Å². The fourth-order valence-corrected chi connectivity index (χ4v) is 1.61. The first kappa shape index (κ1) is 12.7. The van der Waals surface area contributed by atoms with Crippen molar-refractivity contribution in [2.75, 3.05) is 7.11 Å². The Labute approximate surface area is 96.6 Å². The summed E-state index contributed by atoms with van der Waals surface area (Å²) in [7, 11) is 1.25. The lowest BCUT2D eigenvalue weighted by Gasteiger charge is -2.13. The van der Waals surface area contributed by atoms with Crippen LogP contribution < -0.4 is 4.74 Å². The van der Waals surface area contributed by atoms with E-state index in [2.05, 4.69) is 4.98 Å². The van der Waals surface area contributed by atoms with E-state index >= 15 is 0 Å². The van der Waals surface area contributed by atoms with Crippen molar-refractivity contribution >= 4 is 11.6 Å². The van der Waals surface area contributed by atoms with Crippen molar-refractivity contribution < 1.29 is 13.5 Å². The predicted molar refractivity (Wildman–Crippen MR) is 54.6 cm³/mol. The van der Waals surface area contributed by atoms with Gasteiger partial charge in [-0.05, 0) is 11.1 Å². The normalized spacial score (nSPS) is 10.2. The quantitative estimate of drug-likeness (QED) is 0.768. The van der Waals surface area contributed by atoms with E-state index in [1.807, 2.05) is 6.07 Å². The summed E-state index contributed by atoms with van der Waals surface area (Å²) >= 11 is 5.60.